The normalized spacial score (nSPS) is 10.4. The lowest BCUT2D eigenvalue weighted by Gasteiger charge is -2.17. The van der Waals surface area contributed by atoms with Crippen molar-refractivity contribution in [1.82, 2.24) is 4.90 Å². The van der Waals surface area contributed by atoms with E-state index in [0.29, 0.717) is 11.6 Å². The molecule has 0 aliphatic heterocycles. The van der Waals surface area contributed by atoms with Crippen molar-refractivity contribution in [3.8, 4) is 0 Å². The van der Waals surface area contributed by atoms with Gasteiger partial charge in [-0.1, -0.05) is 42.8 Å². The second kappa shape index (κ2) is 7.24. The fourth-order valence-corrected chi connectivity index (χ4v) is 2.44. The molecule has 5 nitrogen and oxygen atoms in total. The minimum atomic E-state index is -0.576. The first-order valence-electron chi connectivity index (χ1n) is 7.19. The third kappa shape index (κ3) is 4.07. The zero-order chi connectivity index (χ0) is 17.0. The van der Waals surface area contributed by atoms with Crippen LogP contribution in [-0.4, -0.2) is 22.8 Å². The van der Waals surface area contributed by atoms with Crippen LogP contribution >= 0.6 is 11.6 Å². The van der Waals surface area contributed by atoms with E-state index in [1.54, 1.807) is 7.05 Å². The Morgan fingerprint density at radius 2 is 1.78 bits per heavy atom. The Morgan fingerprint density at radius 1 is 1.17 bits per heavy atom. The molecule has 0 unspecified atom stereocenters. The molecule has 6 heteroatoms. The number of hydrogen-bond donors (Lipinski definition) is 0. The number of carbonyl (C=O) groups excluding carboxylic acids is 1. The van der Waals surface area contributed by atoms with E-state index in [1.807, 2.05) is 24.3 Å². The van der Waals surface area contributed by atoms with E-state index in [0.717, 1.165) is 12.0 Å². The Bertz CT molecular complexity index is 729. The lowest BCUT2D eigenvalue weighted by molar-refractivity contribution is -0.385. The zero-order valence-corrected chi connectivity index (χ0v) is 13.7. The van der Waals surface area contributed by atoms with Gasteiger partial charge in [0.15, 0.2) is 0 Å². The van der Waals surface area contributed by atoms with Gasteiger partial charge in [0, 0.05) is 24.7 Å². The van der Waals surface area contributed by atoms with Gasteiger partial charge in [-0.3, -0.25) is 14.9 Å². The Morgan fingerprint density at radius 3 is 2.35 bits per heavy atom. The molecule has 0 fully saturated rings. The quantitative estimate of drug-likeness (QED) is 0.612. The number of nitrogens with zero attached hydrogens (tertiary/aromatic N) is 2. The van der Waals surface area contributed by atoms with Gasteiger partial charge < -0.3 is 4.90 Å². The molecular weight excluding hydrogens is 316 g/mol. The summed E-state index contributed by atoms with van der Waals surface area (Å²) in [5.41, 5.74) is 1.93. The van der Waals surface area contributed by atoms with Crippen molar-refractivity contribution in [2.75, 3.05) is 7.05 Å². The van der Waals surface area contributed by atoms with E-state index >= 15 is 0 Å². The molecule has 0 atom stereocenters. The molecule has 0 bridgehead atoms. The summed E-state index contributed by atoms with van der Waals surface area (Å²) >= 11 is 5.87. The molecule has 120 valence electrons. The van der Waals surface area contributed by atoms with Gasteiger partial charge in [0.2, 0.25) is 0 Å². The van der Waals surface area contributed by atoms with Crippen LogP contribution in [0.5, 0.6) is 0 Å². The van der Waals surface area contributed by atoms with Crippen molar-refractivity contribution in [3.63, 3.8) is 0 Å². The van der Waals surface area contributed by atoms with Crippen LogP contribution in [0.3, 0.4) is 0 Å². The van der Waals surface area contributed by atoms with Crippen LogP contribution in [0.15, 0.2) is 42.5 Å². The van der Waals surface area contributed by atoms with E-state index in [9.17, 15) is 14.9 Å². The minimum Gasteiger partial charge on any atom is -0.337 e. The first kappa shape index (κ1) is 17.0. The van der Waals surface area contributed by atoms with Crippen LogP contribution < -0.4 is 0 Å². The Kier molecular flexibility index (Phi) is 5.34. The number of nitro groups is 1. The number of hydrogen-bond acceptors (Lipinski definition) is 3. The smallest absolute Gasteiger partial charge is 0.282 e. The molecule has 1 amide bonds. The average molecular weight is 333 g/mol. The molecule has 2 aromatic carbocycles. The molecule has 0 radical (unpaired) electrons. The van der Waals surface area contributed by atoms with Gasteiger partial charge in [0.25, 0.3) is 11.6 Å². The molecule has 0 aliphatic carbocycles. The summed E-state index contributed by atoms with van der Waals surface area (Å²) in [5, 5.41) is 11.4. The molecule has 0 saturated heterocycles. The first-order chi connectivity index (χ1) is 10.9. The van der Waals surface area contributed by atoms with Crippen LogP contribution in [0.2, 0.25) is 5.02 Å². The summed E-state index contributed by atoms with van der Waals surface area (Å²) in [7, 11) is 1.61. The molecule has 2 rings (SSSR count). The number of halogens is 1. The fraction of sp³-hybridized carbons (Fsp3) is 0.235. The van der Waals surface area contributed by atoms with E-state index in [4.69, 9.17) is 11.6 Å². The van der Waals surface area contributed by atoms with Gasteiger partial charge in [-0.25, -0.2) is 0 Å². The third-order valence-corrected chi connectivity index (χ3v) is 3.82. The van der Waals surface area contributed by atoms with Gasteiger partial charge in [-0.05, 0) is 29.7 Å². The van der Waals surface area contributed by atoms with Crippen LogP contribution in [0.4, 0.5) is 5.69 Å². The highest BCUT2D eigenvalue weighted by atomic mass is 35.5. The van der Waals surface area contributed by atoms with Crippen molar-refractivity contribution in [2.45, 2.75) is 19.9 Å². The summed E-state index contributed by atoms with van der Waals surface area (Å²) in [6.45, 7) is 2.44. The predicted octanol–water partition coefficient (Wildman–Crippen LogP) is 4.08. The maximum atomic E-state index is 12.5. The first-order valence-corrected chi connectivity index (χ1v) is 7.57. The van der Waals surface area contributed by atoms with Gasteiger partial charge in [-0.2, -0.15) is 0 Å². The van der Waals surface area contributed by atoms with Gasteiger partial charge in [-0.15, -0.1) is 0 Å². The summed E-state index contributed by atoms with van der Waals surface area (Å²) in [6, 6.07) is 11.9. The molecular formula is C17H17ClN2O3. The average Bonchev–Trinajstić information content (AvgIpc) is 2.54. The van der Waals surface area contributed by atoms with E-state index in [-0.39, 0.29) is 11.3 Å². The number of aryl methyl sites for hydroxylation is 1. The highest BCUT2D eigenvalue weighted by molar-refractivity contribution is 6.31. The lowest BCUT2D eigenvalue weighted by atomic mass is 10.1. The lowest BCUT2D eigenvalue weighted by Crippen LogP contribution is -2.26. The van der Waals surface area contributed by atoms with E-state index in [2.05, 4.69) is 6.92 Å². The number of amides is 1. The molecule has 0 saturated carbocycles. The zero-order valence-electron chi connectivity index (χ0n) is 13.0. The van der Waals surface area contributed by atoms with Crippen LogP contribution in [0, 0.1) is 10.1 Å². The molecule has 0 aromatic heterocycles. The number of rotatable bonds is 5. The maximum absolute atomic E-state index is 12.5. The minimum absolute atomic E-state index is 0.00446. The van der Waals surface area contributed by atoms with Crippen molar-refractivity contribution >= 4 is 23.2 Å². The van der Waals surface area contributed by atoms with Gasteiger partial charge in [0.05, 0.1) is 4.92 Å². The number of benzene rings is 2. The third-order valence-electron chi connectivity index (χ3n) is 3.58. The highest BCUT2D eigenvalue weighted by Crippen LogP contribution is 2.24. The van der Waals surface area contributed by atoms with E-state index in [1.165, 1.54) is 28.7 Å². The predicted molar refractivity (Wildman–Crippen MR) is 89.7 cm³/mol. The Balaban J connectivity index is 2.22. The molecule has 2 aromatic rings. The van der Waals surface area contributed by atoms with Crippen LogP contribution in [0.25, 0.3) is 0 Å². The second-order valence-corrected chi connectivity index (χ2v) is 5.69. The molecule has 0 aliphatic rings. The van der Waals surface area contributed by atoms with Crippen molar-refractivity contribution in [2.24, 2.45) is 0 Å². The highest BCUT2D eigenvalue weighted by Gasteiger charge is 2.23. The Labute approximate surface area is 139 Å². The molecule has 0 N–H and O–H groups in total. The summed E-state index contributed by atoms with van der Waals surface area (Å²) in [4.78, 5) is 24.5. The molecule has 0 heterocycles. The fourth-order valence-electron chi connectivity index (χ4n) is 2.27. The molecule has 23 heavy (non-hydrogen) atoms. The topological polar surface area (TPSA) is 63.5 Å². The monoisotopic (exact) mass is 332 g/mol. The largest absolute Gasteiger partial charge is 0.337 e. The van der Waals surface area contributed by atoms with Crippen molar-refractivity contribution < 1.29 is 9.72 Å². The van der Waals surface area contributed by atoms with Crippen molar-refractivity contribution in [3.05, 3.63) is 74.3 Å². The van der Waals surface area contributed by atoms with Gasteiger partial charge in [0.1, 0.15) is 5.56 Å². The summed E-state index contributed by atoms with van der Waals surface area (Å²) < 4.78 is 0. The van der Waals surface area contributed by atoms with Gasteiger partial charge >= 0.3 is 0 Å². The molecule has 0 spiro atoms. The standard InChI is InChI=1S/C17H17ClN2O3/c1-3-12-4-6-13(7-5-12)11-19(2)17(21)15-10-14(18)8-9-16(15)20(22)23/h4-10H,3,11H2,1-2H3. The van der Waals surface area contributed by atoms with E-state index < -0.39 is 10.8 Å². The Hall–Kier alpha value is -2.40. The SMILES string of the molecule is CCc1ccc(CN(C)C(=O)c2cc(Cl)ccc2[N+](=O)[O-])cc1. The van der Waals surface area contributed by atoms with Crippen molar-refractivity contribution in [1.29, 1.82) is 0 Å². The van der Waals surface area contributed by atoms with Crippen LogP contribution in [0.1, 0.15) is 28.4 Å². The summed E-state index contributed by atoms with van der Waals surface area (Å²) in [6.07, 6.45) is 0.948. The number of nitro benzene ring substituents is 1. The summed E-state index contributed by atoms with van der Waals surface area (Å²) in [5.74, 6) is -0.432. The van der Waals surface area contributed by atoms with Crippen LogP contribution in [-0.2, 0) is 13.0 Å². The maximum Gasteiger partial charge on any atom is 0.282 e. The second-order valence-electron chi connectivity index (χ2n) is 5.25. The number of carbonyl (C=O) groups is 1.